The molecule has 0 radical (unpaired) electrons. The summed E-state index contributed by atoms with van der Waals surface area (Å²) >= 11 is 1.69. The Morgan fingerprint density at radius 1 is 1.05 bits per heavy atom. The molecule has 0 aliphatic rings. The number of rotatable bonds is 4. The van der Waals surface area contributed by atoms with Gasteiger partial charge in [-0.1, -0.05) is 24.3 Å². The molecule has 0 fully saturated rings. The fourth-order valence-corrected chi connectivity index (χ4v) is 3.29. The molecule has 1 atom stereocenters. The Kier molecular flexibility index (Phi) is 3.76. The van der Waals surface area contributed by atoms with Gasteiger partial charge < -0.3 is 5.73 Å². The van der Waals surface area contributed by atoms with Crippen molar-refractivity contribution in [2.75, 3.05) is 0 Å². The van der Waals surface area contributed by atoms with Gasteiger partial charge >= 0.3 is 0 Å². The van der Waals surface area contributed by atoms with E-state index in [0.717, 1.165) is 28.9 Å². The van der Waals surface area contributed by atoms with E-state index in [2.05, 4.69) is 11.1 Å². The quantitative estimate of drug-likeness (QED) is 0.796. The van der Waals surface area contributed by atoms with Crippen LogP contribution in [0.3, 0.4) is 0 Å². The van der Waals surface area contributed by atoms with Crippen LogP contribution in [-0.2, 0) is 12.8 Å². The van der Waals surface area contributed by atoms with Gasteiger partial charge in [-0.25, -0.2) is 9.37 Å². The summed E-state index contributed by atoms with van der Waals surface area (Å²) < 4.78 is 14.0. The molecule has 3 rings (SSSR count). The first kappa shape index (κ1) is 13.2. The van der Waals surface area contributed by atoms with Crippen molar-refractivity contribution in [1.82, 2.24) is 4.98 Å². The highest BCUT2D eigenvalue weighted by Gasteiger charge is 2.09. The van der Waals surface area contributed by atoms with Gasteiger partial charge in [0.25, 0.3) is 0 Å². The van der Waals surface area contributed by atoms with E-state index in [-0.39, 0.29) is 11.9 Å². The van der Waals surface area contributed by atoms with Crippen LogP contribution >= 0.6 is 11.3 Å². The van der Waals surface area contributed by atoms with Crippen molar-refractivity contribution in [3.05, 3.63) is 64.9 Å². The number of benzene rings is 2. The Morgan fingerprint density at radius 2 is 1.80 bits per heavy atom. The maximum Gasteiger partial charge on any atom is 0.123 e. The van der Waals surface area contributed by atoms with E-state index < -0.39 is 0 Å². The second-order valence-corrected chi connectivity index (χ2v) is 5.99. The molecule has 0 saturated heterocycles. The zero-order valence-electron chi connectivity index (χ0n) is 10.9. The summed E-state index contributed by atoms with van der Waals surface area (Å²) in [7, 11) is 0. The molecule has 1 aromatic heterocycles. The van der Waals surface area contributed by atoms with Gasteiger partial charge in [0.1, 0.15) is 5.82 Å². The molecule has 0 aliphatic heterocycles. The number of nitrogens with zero attached hydrogens (tertiary/aromatic N) is 1. The first-order chi connectivity index (χ1) is 9.70. The molecule has 3 aromatic rings. The molecule has 4 heteroatoms. The average Bonchev–Trinajstić information content (AvgIpc) is 2.83. The third-order valence-electron chi connectivity index (χ3n) is 3.19. The van der Waals surface area contributed by atoms with Gasteiger partial charge in [0.15, 0.2) is 0 Å². The summed E-state index contributed by atoms with van der Waals surface area (Å²) in [5, 5.41) is 1.06. The molecule has 1 heterocycles. The highest BCUT2D eigenvalue weighted by atomic mass is 32.1. The minimum Gasteiger partial charge on any atom is -0.327 e. The maximum absolute atomic E-state index is 12.8. The second-order valence-electron chi connectivity index (χ2n) is 4.87. The standard InChI is InChI=1S/C16H15FN2S/c17-12-7-5-11(6-8-12)9-13(18)10-16-19-14-3-1-2-4-15(14)20-16/h1-8,13H,9-10,18H2. The molecule has 0 bridgehead atoms. The number of para-hydroxylation sites is 1. The Hall–Kier alpha value is -1.78. The summed E-state index contributed by atoms with van der Waals surface area (Å²) in [5.74, 6) is -0.214. The largest absolute Gasteiger partial charge is 0.327 e. The average molecular weight is 286 g/mol. The zero-order valence-corrected chi connectivity index (χ0v) is 11.7. The molecule has 102 valence electrons. The van der Waals surface area contributed by atoms with E-state index in [1.807, 2.05) is 18.2 Å². The number of hydrogen-bond donors (Lipinski definition) is 1. The van der Waals surface area contributed by atoms with Gasteiger partial charge in [-0.05, 0) is 36.2 Å². The third kappa shape index (κ3) is 3.03. The monoisotopic (exact) mass is 286 g/mol. The summed E-state index contributed by atoms with van der Waals surface area (Å²) in [6.07, 6.45) is 1.48. The Labute approximate surface area is 121 Å². The highest BCUT2D eigenvalue weighted by Crippen LogP contribution is 2.22. The van der Waals surface area contributed by atoms with Crippen molar-refractivity contribution < 1.29 is 4.39 Å². The molecule has 20 heavy (non-hydrogen) atoms. The molecule has 0 spiro atoms. The zero-order chi connectivity index (χ0) is 13.9. The molecule has 0 amide bonds. The second kappa shape index (κ2) is 5.69. The molecular weight excluding hydrogens is 271 g/mol. The number of aromatic nitrogens is 1. The minimum absolute atomic E-state index is 0.000948. The van der Waals surface area contributed by atoms with Crippen LogP contribution in [-0.4, -0.2) is 11.0 Å². The maximum atomic E-state index is 12.8. The van der Waals surface area contributed by atoms with E-state index in [1.165, 1.54) is 16.8 Å². The molecule has 2 nitrogen and oxygen atoms in total. The van der Waals surface area contributed by atoms with Crippen LogP contribution < -0.4 is 5.73 Å². The van der Waals surface area contributed by atoms with Crippen LogP contribution in [0, 0.1) is 5.82 Å². The van der Waals surface area contributed by atoms with Crippen LogP contribution in [0.1, 0.15) is 10.6 Å². The van der Waals surface area contributed by atoms with Gasteiger partial charge in [0.05, 0.1) is 15.2 Å². The predicted octanol–water partition coefficient (Wildman–Crippen LogP) is 3.55. The van der Waals surface area contributed by atoms with Crippen LogP contribution in [0.2, 0.25) is 0 Å². The minimum atomic E-state index is -0.214. The van der Waals surface area contributed by atoms with Crippen molar-refractivity contribution in [1.29, 1.82) is 0 Å². The summed E-state index contributed by atoms with van der Waals surface area (Å²) in [6.45, 7) is 0. The highest BCUT2D eigenvalue weighted by molar-refractivity contribution is 7.18. The predicted molar refractivity (Wildman–Crippen MR) is 81.4 cm³/mol. The van der Waals surface area contributed by atoms with Crippen molar-refractivity contribution in [3.63, 3.8) is 0 Å². The van der Waals surface area contributed by atoms with Gasteiger partial charge in [0.2, 0.25) is 0 Å². The lowest BCUT2D eigenvalue weighted by atomic mass is 10.0. The van der Waals surface area contributed by atoms with Gasteiger partial charge in [-0.2, -0.15) is 0 Å². The van der Waals surface area contributed by atoms with Gasteiger partial charge in [-0.15, -0.1) is 11.3 Å². The number of hydrogen-bond acceptors (Lipinski definition) is 3. The molecule has 2 aromatic carbocycles. The third-order valence-corrected chi connectivity index (χ3v) is 4.24. The van der Waals surface area contributed by atoms with Crippen LogP contribution in [0.5, 0.6) is 0 Å². The van der Waals surface area contributed by atoms with E-state index in [4.69, 9.17) is 5.73 Å². The first-order valence-electron chi connectivity index (χ1n) is 6.55. The van der Waals surface area contributed by atoms with E-state index in [0.29, 0.717) is 0 Å². The first-order valence-corrected chi connectivity index (χ1v) is 7.37. The molecule has 2 N–H and O–H groups in total. The Morgan fingerprint density at radius 3 is 2.55 bits per heavy atom. The fraction of sp³-hybridized carbons (Fsp3) is 0.188. The Balaban J connectivity index is 1.69. The molecular formula is C16H15FN2S. The summed E-state index contributed by atoms with van der Waals surface area (Å²) in [4.78, 5) is 4.59. The van der Waals surface area contributed by atoms with E-state index >= 15 is 0 Å². The normalized spacial score (nSPS) is 12.7. The number of fused-ring (bicyclic) bond motifs is 1. The van der Waals surface area contributed by atoms with Crippen LogP contribution in [0.15, 0.2) is 48.5 Å². The van der Waals surface area contributed by atoms with Crippen molar-refractivity contribution in [3.8, 4) is 0 Å². The SMILES string of the molecule is NC(Cc1ccc(F)cc1)Cc1nc2ccccc2s1. The number of nitrogens with two attached hydrogens (primary N) is 1. The molecule has 1 unspecified atom stereocenters. The Bertz CT molecular complexity index is 673. The van der Waals surface area contributed by atoms with Gasteiger partial charge in [0, 0.05) is 12.5 Å². The lowest BCUT2D eigenvalue weighted by Gasteiger charge is -2.09. The van der Waals surface area contributed by atoms with E-state index in [9.17, 15) is 4.39 Å². The number of halogens is 1. The lowest BCUT2D eigenvalue weighted by molar-refractivity contribution is 0.623. The fourth-order valence-electron chi connectivity index (χ4n) is 2.23. The van der Waals surface area contributed by atoms with Crippen molar-refractivity contribution in [2.24, 2.45) is 5.73 Å². The lowest BCUT2D eigenvalue weighted by Crippen LogP contribution is -2.25. The summed E-state index contributed by atoms with van der Waals surface area (Å²) in [6, 6.07) is 14.6. The topological polar surface area (TPSA) is 38.9 Å². The van der Waals surface area contributed by atoms with Crippen LogP contribution in [0.4, 0.5) is 4.39 Å². The summed E-state index contributed by atoms with van der Waals surface area (Å²) in [5.41, 5.74) is 8.26. The smallest absolute Gasteiger partial charge is 0.123 e. The molecule has 0 aliphatic carbocycles. The van der Waals surface area contributed by atoms with Crippen molar-refractivity contribution in [2.45, 2.75) is 18.9 Å². The van der Waals surface area contributed by atoms with Gasteiger partial charge in [-0.3, -0.25) is 0 Å². The number of thiazole rings is 1. The van der Waals surface area contributed by atoms with E-state index in [1.54, 1.807) is 23.5 Å². The molecule has 0 saturated carbocycles. The van der Waals surface area contributed by atoms with Crippen molar-refractivity contribution >= 4 is 21.6 Å². The van der Waals surface area contributed by atoms with Crippen LogP contribution in [0.25, 0.3) is 10.2 Å².